The molecule has 6 N–H and O–H groups in total. The molecule has 1 aliphatic carbocycles. The summed E-state index contributed by atoms with van der Waals surface area (Å²) in [6.07, 6.45) is 7.15. The SMILES string of the molecule is CC(C=CC1=C(C)CC(C2O[C@H](CO)[C@@H](O)[C@H](O)[C@@H]2O)CC1(C)C)=CC=CC(C)=CC(N)=O. The van der Waals surface area contributed by atoms with Crippen LogP contribution in [-0.4, -0.2) is 63.5 Å². The number of hydrogen-bond acceptors (Lipinski definition) is 6. The number of carbonyl (C=O) groups is 1. The van der Waals surface area contributed by atoms with E-state index in [-0.39, 0.29) is 11.3 Å². The van der Waals surface area contributed by atoms with E-state index in [0.29, 0.717) is 6.42 Å². The maximum atomic E-state index is 10.9. The van der Waals surface area contributed by atoms with Gasteiger partial charge < -0.3 is 30.9 Å². The first-order valence-corrected chi connectivity index (χ1v) is 11.4. The number of primary amides is 1. The monoisotopic (exact) mass is 461 g/mol. The molecule has 0 saturated carbocycles. The Kier molecular flexibility index (Phi) is 9.40. The van der Waals surface area contributed by atoms with Gasteiger partial charge >= 0.3 is 0 Å². The van der Waals surface area contributed by atoms with Crippen molar-refractivity contribution < 1.29 is 30.0 Å². The molecule has 1 amide bonds. The normalized spacial score (nSPS) is 33.8. The molecule has 1 heterocycles. The van der Waals surface area contributed by atoms with Crippen LogP contribution in [0.25, 0.3) is 0 Å². The smallest absolute Gasteiger partial charge is 0.241 e. The van der Waals surface area contributed by atoms with E-state index in [1.165, 1.54) is 17.2 Å². The standard InChI is InChI=1S/C26H39NO6/c1-15(7-6-8-16(2)11-21(27)29)9-10-19-17(3)12-18(13-26(19,4)5)25-24(32)23(31)22(30)20(14-28)33-25/h6-11,18,20,22-25,28,30-32H,12-14H2,1-5H3,(H2,27,29)/t18?,20-,22-,23+,24+,25?/m1/s1. The van der Waals surface area contributed by atoms with Crippen LogP contribution >= 0.6 is 0 Å². The molecular weight excluding hydrogens is 422 g/mol. The molecule has 2 rings (SSSR count). The number of nitrogens with two attached hydrogens (primary N) is 1. The Balaban J connectivity index is 2.17. The van der Waals surface area contributed by atoms with Gasteiger partial charge in [-0.05, 0) is 56.1 Å². The van der Waals surface area contributed by atoms with Crippen LogP contribution in [0.1, 0.15) is 47.5 Å². The van der Waals surface area contributed by atoms with Crippen LogP contribution in [0.4, 0.5) is 0 Å². The van der Waals surface area contributed by atoms with E-state index in [9.17, 15) is 25.2 Å². The van der Waals surface area contributed by atoms with Crippen molar-refractivity contribution >= 4 is 5.91 Å². The zero-order valence-electron chi connectivity index (χ0n) is 20.2. The third kappa shape index (κ3) is 6.98. The fraction of sp³-hybridized carbons (Fsp3) is 0.577. The molecule has 0 aromatic heterocycles. The molecule has 1 fully saturated rings. The first-order chi connectivity index (χ1) is 15.4. The fourth-order valence-corrected chi connectivity index (χ4v) is 4.93. The number of amides is 1. The average Bonchev–Trinajstić information content (AvgIpc) is 2.70. The van der Waals surface area contributed by atoms with Gasteiger partial charge in [0.25, 0.3) is 0 Å². The van der Waals surface area contributed by atoms with E-state index >= 15 is 0 Å². The number of aliphatic hydroxyl groups is 4. The molecule has 2 aliphatic rings. The van der Waals surface area contributed by atoms with E-state index in [1.807, 2.05) is 38.2 Å². The van der Waals surface area contributed by atoms with E-state index in [1.54, 1.807) is 0 Å². The van der Waals surface area contributed by atoms with Crippen molar-refractivity contribution in [2.75, 3.05) is 6.61 Å². The first-order valence-electron chi connectivity index (χ1n) is 11.4. The molecule has 0 spiro atoms. The predicted octanol–water partition coefficient (Wildman–Crippen LogP) is 2.07. The second-order valence-electron chi connectivity index (χ2n) is 9.93. The predicted molar refractivity (Wildman–Crippen MR) is 128 cm³/mol. The van der Waals surface area contributed by atoms with Gasteiger partial charge in [0.2, 0.25) is 5.91 Å². The number of hydrogen-bond donors (Lipinski definition) is 5. The van der Waals surface area contributed by atoms with Crippen LogP contribution in [0.2, 0.25) is 0 Å². The number of ether oxygens (including phenoxy) is 1. The van der Waals surface area contributed by atoms with Crippen LogP contribution in [0.5, 0.6) is 0 Å². The highest BCUT2D eigenvalue weighted by Gasteiger charge is 2.48. The van der Waals surface area contributed by atoms with Gasteiger partial charge in [-0.2, -0.15) is 0 Å². The molecule has 184 valence electrons. The van der Waals surface area contributed by atoms with Crippen molar-refractivity contribution in [1.82, 2.24) is 0 Å². The minimum atomic E-state index is -1.35. The summed E-state index contributed by atoms with van der Waals surface area (Å²) in [5, 5.41) is 40.3. The van der Waals surface area contributed by atoms with Crippen molar-refractivity contribution in [3.8, 4) is 0 Å². The van der Waals surface area contributed by atoms with E-state index < -0.39 is 43.0 Å². The van der Waals surface area contributed by atoms with E-state index in [2.05, 4.69) is 26.8 Å². The van der Waals surface area contributed by atoms with Gasteiger partial charge in [0.15, 0.2) is 0 Å². The summed E-state index contributed by atoms with van der Waals surface area (Å²) in [6, 6.07) is 0. The maximum absolute atomic E-state index is 10.9. The maximum Gasteiger partial charge on any atom is 0.241 e. The van der Waals surface area contributed by atoms with Crippen molar-refractivity contribution in [2.24, 2.45) is 17.1 Å². The first kappa shape index (κ1) is 27.2. The zero-order chi connectivity index (χ0) is 24.9. The lowest BCUT2D eigenvalue weighted by atomic mass is 9.65. The quantitative estimate of drug-likeness (QED) is 0.291. The number of allylic oxidation sites excluding steroid dienone is 9. The Morgan fingerprint density at radius 2 is 1.79 bits per heavy atom. The lowest BCUT2D eigenvalue weighted by Crippen LogP contribution is -2.60. The molecule has 7 nitrogen and oxygen atoms in total. The Morgan fingerprint density at radius 3 is 2.36 bits per heavy atom. The highest BCUT2D eigenvalue weighted by Crippen LogP contribution is 2.46. The number of rotatable bonds is 7. The van der Waals surface area contributed by atoms with Gasteiger partial charge in [-0.25, -0.2) is 0 Å². The van der Waals surface area contributed by atoms with Crippen molar-refractivity contribution in [3.63, 3.8) is 0 Å². The zero-order valence-corrected chi connectivity index (χ0v) is 20.2. The second kappa shape index (κ2) is 11.4. The summed E-state index contributed by atoms with van der Waals surface area (Å²) < 4.78 is 5.83. The lowest BCUT2D eigenvalue weighted by molar-refractivity contribution is -0.243. The molecule has 0 bridgehead atoms. The van der Waals surface area contributed by atoms with Gasteiger partial charge in [0.1, 0.15) is 24.4 Å². The minimum absolute atomic E-state index is 0.0528. The lowest BCUT2D eigenvalue weighted by Gasteiger charge is -2.47. The summed E-state index contributed by atoms with van der Waals surface area (Å²) in [5.41, 5.74) is 9.17. The van der Waals surface area contributed by atoms with Gasteiger partial charge in [-0.15, -0.1) is 0 Å². The third-order valence-corrected chi connectivity index (χ3v) is 6.52. The average molecular weight is 462 g/mol. The van der Waals surface area contributed by atoms with E-state index in [4.69, 9.17) is 10.5 Å². The Morgan fingerprint density at radius 1 is 1.12 bits per heavy atom. The molecule has 2 unspecified atom stereocenters. The number of carbonyl (C=O) groups excluding carboxylic acids is 1. The Labute approximate surface area is 196 Å². The van der Waals surface area contributed by atoms with E-state index in [0.717, 1.165) is 17.6 Å². The van der Waals surface area contributed by atoms with Crippen LogP contribution in [0.15, 0.2) is 58.7 Å². The Bertz CT molecular complexity index is 864. The van der Waals surface area contributed by atoms with Gasteiger partial charge in [0.05, 0.1) is 12.7 Å². The summed E-state index contributed by atoms with van der Waals surface area (Å²) in [6.45, 7) is 9.74. The molecule has 1 saturated heterocycles. The highest BCUT2D eigenvalue weighted by molar-refractivity contribution is 5.86. The van der Waals surface area contributed by atoms with Gasteiger partial charge in [-0.1, -0.05) is 55.4 Å². The molecule has 6 atom stereocenters. The number of aliphatic hydroxyl groups excluding tert-OH is 4. The van der Waals surface area contributed by atoms with Crippen molar-refractivity contribution in [1.29, 1.82) is 0 Å². The van der Waals surface area contributed by atoms with Crippen molar-refractivity contribution in [2.45, 2.75) is 78.0 Å². The second-order valence-corrected chi connectivity index (χ2v) is 9.93. The summed E-state index contributed by atoms with van der Waals surface area (Å²) in [4.78, 5) is 10.9. The molecule has 1 aliphatic heterocycles. The molecule has 7 heteroatoms. The van der Waals surface area contributed by atoms with Crippen LogP contribution in [-0.2, 0) is 9.53 Å². The molecular formula is C26H39NO6. The molecule has 0 aromatic rings. The van der Waals surface area contributed by atoms with Crippen LogP contribution < -0.4 is 5.73 Å². The highest BCUT2D eigenvalue weighted by atomic mass is 16.5. The molecule has 33 heavy (non-hydrogen) atoms. The van der Waals surface area contributed by atoms with Crippen molar-refractivity contribution in [3.05, 3.63) is 58.7 Å². The topological polar surface area (TPSA) is 133 Å². The molecule has 0 radical (unpaired) electrons. The largest absolute Gasteiger partial charge is 0.394 e. The van der Waals surface area contributed by atoms with Crippen LogP contribution in [0, 0.1) is 11.3 Å². The van der Waals surface area contributed by atoms with Gasteiger partial charge in [-0.3, -0.25) is 4.79 Å². The molecule has 0 aromatic carbocycles. The summed E-state index contributed by atoms with van der Waals surface area (Å²) in [7, 11) is 0. The summed E-state index contributed by atoms with van der Waals surface area (Å²) >= 11 is 0. The minimum Gasteiger partial charge on any atom is -0.394 e. The van der Waals surface area contributed by atoms with Crippen LogP contribution in [0.3, 0.4) is 0 Å². The summed E-state index contributed by atoms with van der Waals surface area (Å²) in [5.74, 6) is -0.523. The fourth-order valence-electron chi connectivity index (χ4n) is 4.93. The van der Waals surface area contributed by atoms with Gasteiger partial charge in [0, 0.05) is 6.08 Å². The third-order valence-electron chi connectivity index (χ3n) is 6.52. The Hall–Kier alpha value is -2.03.